The van der Waals surface area contributed by atoms with E-state index in [0.29, 0.717) is 12.3 Å². The van der Waals surface area contributed by atoms with Crippen molar-refractivity contribution < 1.29 is 0 Å². The standard InChI is InChI=1S/C19H20ClN3S.ClH/c1-13-17(22-9-7-19(13)24-10-4-8-20)12-18-15(21)11-14-5-2-3-6-16(14)23-18;/h2-3,5-7,9,11H,4,8,10,12,21H2,1H3;1H. The highest BCUT2D eigenvalue weighted by molar-refractivity contribution is 7.99. The third-order valence-corrected chi connectivity index (χ3v) is 5.48. The van der Waals surface area contributed by atoms with Crippen molar-refractivity contribution in [1.29, 1.82) is 0 Å². The Labute approximate surface area is 163 Å². The summed E-state index contributed by atoms with van der Waals surface area (Å²) in [5.41, 5.74) is 11.0. The number of aromatic nitrogens is 2. The monoisotopic (exact) mass is 393 g/mol. The molecule has 0 bridgehead atoms. The molecule has 3 aromatic rings. The van der Waals surface area contributed by atoms with Gasteiger partial charge in [-0.1, -0.05) is 18.2 Å². The van der Waals surface area contributed by atoms with Crippen molar-refractivity contribution in [2.75, 3.05) is 17.4 Å². The van der Waals surface area contributed by atoms with E-state index in [4.69, 9.17) is 22.3 Å². The third-order valence-electron chi connectivity index (χ3n) is 3.97. The predicted molar refractivity (Wildman–Crippen MR) is 111 cm³/mol. The molecule has 3 rings (SSSR count). The molecule has 0 aliphatic carbocycles. The van der Waals surface area contributed by atoms with Crippen molar-refractivity contribution in [3.05, 3.63) is 59.5 Å². The fourth-order valence-corrected chi connectivity index (χ4v) is 3.89. The lowest BCUT2D eigenvalue weighted by molar-refractivity contribution is 0.982. The van der Waals surface area contributed by atoms with E-state index in [1.165, 1.54) is 10.5 Å². The first-order valence-electron chi connectivity index (χ1n) is 7.96. The van der Waals surface area contributed by atoms with E-state index in [0.717, 1.165) is 40.2 Å². The SMILES string of the molecule is Cc1c(SCCCCl)ccnc1Cc1nc2ccccc2cc1N.Cl. The van der Waals surface area contributed by atoms with Gasteiger partial charge in [0.1, 0.15) is 0 Å². The lowest BCUT2D eigenvalue weighted by atomic mass is 10.1. The fraction of sp³-hybridized carbons (Fsp3) is 0.263. The Morgan fingerprint density at radius 2 is 1.96 bits per heavy atom. The number of alkyl halides is 1. The van der Waals surface area contributed by atoms with Gasteiger partial charge in [-0.2, -0.15) is 0 Å². The highest BCUT2D eigenvalue weighted by Crippen LogP contribution is 2.27. The number of nitrogen functional groups attached to an aromatic ring is 1. The topological polar surface area (TPSA) is 51.8 Å². The van der Waals surface area contributed by atoms with Crippen molar-refractivity contribution >= 4 is 52.4 Å². The van der Waals surface area contributed by atoms with E-state index < -0.39 is 0 Å². The number of rotatable bonds is 6. The van der Waals surface area contributed by atoms with Crippen LogP contribution >= 0.6 is 35.8 Å². The molecular weight excluding hydrogens is 373 g/mol. The number of para-hydroxylation sites is 1. The average molecular weight is 394 g/mol. The second-order valence-corrected chi connectivity index (χ2v) is 7.18. The number of hydrogen-bond acceptors (Lipinski definition) is 4. The molecule has 0 aliphatic heterocycles. The molecule has 0 saturated heterocycles. The molecule has 132 valence electrons. The summed E-state index contributed by atoms with van der Waals surface area (Å²) in [6.45, 7) is 2.11. The summed E-state index contributed by atoms with van der Waals surface area (Å²) in [5, 5.41) is 1.06. The van der Waals surface area contributed by atoms with E-state index in [1.807, 2.05) is 48.3 Å². The minimum atomic E-state index is 0. The Kier molecular flexibility index (Phi) is 7.36. The molecule has 1 aromatic carbocycles. The van der Waals surface area contributed by atoms with Crippen molar-refractivity contribution in [3.63, 3.8) is 0 Å². The largest absolute Gasteiger partial charge is 0.397 e. The van der Waals surface area contributed by atoms with Crippen molar-refractivity contribution in [1.82, 2.24) is 9.97 Å². The summed E-state index contributed by atoms with van der Waals surface area (Å²) >= 11 is 7.59. The van der Waals surface area contributed by atoms with Crippen LogP contribution in [0.15, 0.2) is 47.5 Å². The van der Waals surface area contributed by atoms with Crippen LogP contribution < -0.4 is 5.73 Å². The van der Waals surface area contributed by atoms with Gasteiger partial charge in [-0.3, -0.25) is 9.97 Å². The number of benzene rings is 1. The second kappa shape index (κ2) is 9.27. The summed E-state index contributed by atoms with van der Waals surface area (Å²) in [4.78, 5) is 10.5. The van der Waals surface area contributed by atoms with Crippen LogP contribution in [0.3, 0.4) is 0 Å². The minimum absolute atomic E-state index is 0. The number of pyridine rings is 2. The van der Waals surface area contributed by atoms with E-state index in [1.54, 1.807) is 0 Å². The first-order chi connectivity index (χ1) is 11.7. The maximum atomic E-state index is 6.21. The summed E-state index contributed by atoms with van der Waals surface area (Å²) in [6, 6.07) is 12.1. The summed E-state index contributed by atoms with van der Waals surface area (Å²) in [6.07, 6.45) is 3.51. The number of nitrogens with two attached hydrogens (primary N) is 1. The Bertz CT molecular complexity index is 855. The maximum Gasteiger partial charge on any atom is 0.0707 e. The Morgan fingerprint density at radius 3 is 2.76 bits per heavy atom. The van der Waals surface area contributed by atoms with Crippen LogP contribution in [-0.4, -0.2) is 21.6 Å². The van der Waals surface area contributed by atoms with Crippen LogP contribution in [0.1, 0.15) is 23.4 Å². The molecular formula is C19H21Cl2N3S. The normalized spacial score (nSPS) is 10.6. The molecule has 0 radical (unpaired) electrons. The van der Waals surface area contributed by atoms with Gasteiger partial charge in [-0.05, 0) is 42.9 Å². The Balaban J connectivity index is 0.00000225. The van der Waals surface area contributed by atoms with Gasteiger partial charge in [0.25, 0.3) is 0 Å². The van der Waals surface area contributed by atoms with Gasteiger partial charge in [0.2, 0.25) is 0 Å². The maximum absolute atomic E-state index is 6.21. The van der Waals surface area contributed by atoms with Crippen LogP contribution in [0, 0.1) is 6.92 Å². The first kappa shape index (κ1) is 19.8. The molecule has 0 aliphatic rings. The molecule has 2 aromatic heterocycles. The van der Waals surface area contributed by atoms with Crippen molar-refractivity contribution in [2.45, 2.75) is 24.7 Å². The van der Waals surface area contributed by atoms with E-state index in [2.05, 4.69) is 18.0 Å². The van der Waals surface area contributed by atoms with Gasteiger partial charge in [-0.15, -0.1) is 35.8 Å². The molecule has 6 heteroatoms. The first-order valence-corrected chi connectivity index (χ1v) is 9.48. The van der Waals surface area contributed by atoms with Crippen molar-refractivity contribution in [2.24, 2.45) is 0 Å². The molecule has 25 heavy (non-hydrogen) atoms. The Morgan fingerprint density at radius 1 is 1.16 bits per heavy atom. The number of anilines is 1. The number of halogens is 2. The smallest absolute Gasteiger partial charge is 0.0707 e. The van der Waals surface area contributed by atoms with E-state index in [-0.39, 0.29) is 12.4 Å². The molecule has 3 nitrogen and oxygen atoms in total. The van der Waals surface area contributed by atoms with Crippen LogP contribution in [0.2, 0.25) is 0 Å². The van der Waals surface area contributed by atoms with E-state index >= 15 is 0 Å². The quantitative estimate of drug-likeness (QED) is 0.352. The second-order valence-electron chi connectivity index (χ2n) is 5.67. The van der Waals surface area contributed by atoms with Gasteiger partial charge < -0.3 is 5.73 Å². The van der Waals surface area contributed by atoms with Crippen LogP contribution in [-0.2, 0) is 6.42 Å². The number of thioether (sulfide) groups is 1. The average Bonchev–Trinajstić information content (AvgIpc) is 2.59. The molecule has 0 fully saturated rings. The van der Waals surface area contributed by atoms with Gasteiger partial charge >= 0.3 is 0 Å². The zero-order valence-electron chi connectivity index (χ0n) is 14.0. The van der Waals surface area contributed by atoms with Gasteiger partial charge in [0.05, 0.1) is 22.6 Å². The van der Waals surface area contributed by atoms with Gasteiger partial charge in [-0.25, -0.2) is 0 Å². The zero-order chi connectivity index (χ0) is 16.9. The summed E-state index contributed by atoms with van der Waals surface area (Å²) in [7, 11) is 0. The van der Waals surface area contributed by atoms with Crippen LogP contribution in [0.25, 0.3) is 10.9 Å². The number of hydrogen-bond donors (Lipinski definition) is 1. The lowest BCUT2D eigenvalue weighted by Crippen LogP contribution is -2.03. The predicted octanol–water partition coefficient (Wildman–Crippen LogP) is 5.25. The highest BCUT2D eigenvalue weighted by Gasteiger charge is 2.11. The van der Waals surface area contributed by atoms with Crippen molar-refractivity contribution in [3.8, 4) is 0 Å². The molecule has 0 unspecified atom stereocenters. The fourth-order valence-electron chi connectivity index (χ4n) is 2.60. The molecule has 2 heterocycles. The number of nitrogens with zero attached hydrogens (tertiary/aromatic N) is 2. The van der Waals surface area contributed by atoms with Crippen LogP contribution in [0.4, 0.5) is 5.69 Å². The summed E-state index contributed by atoms with van der Waals surface area (Å²) < 4.78 is 0. The Hall–Kier alpha value is -1.49. The summed E-state index contributed by atoms with van der Waals surface area (Å²) in [5.74, 6) is 1.71. The zero-order valence-corrected chi connectivity index (χ0v) is 16.4. The molecule has 0 atom stereocenters. The van der Waals surface area contributed by atoms with Crippen LogP contribution in [0.5, 0.6) is 0 Å². The molecule has 0 spiro atoms. The molecule has 0 saturated carbocycles. The minimum Gasteiger partial charge on any atom is -0.397 e. The number of fused-ring (bicyclic) bond motifs is 1. The van der Waals surface area contributed by atoms with E-state index in [9.17, 15) is 0 Å². The van der Waals surface area contributed by atoms with Gasteiger partial charge in [0, 0.05) is 28.8 Å². The third kappa shape index (κ3) is 4.78. The lowest BCUT2D eigenvalue weighted by Gasteiger charge is -2.11. The molecule has 0 amide bonds. The molecule has 2 N–H and O–H groups in total. The highest BCUT2D eigenvalue weighted by atomic mass is 35.5. The van der Waals surface area contributed by atoms with Gasteiger partial charge in [0.15, 0.2) is 0 Å².